The normalized spacial score (nSPS) is 10.7. The summed E-state index contributed by atoms with van der Waals surface area (Å²) in [5.41, 5.74) is 1.68. The molecule has 23 heavy (non-hydrogen) atoms. The molecular formula is C17H16N4O2. The molecule has 6 nitrogen and oxygen atoms in total. The molecule has 2 aromatic heterocycles. The lowest BCUT2D eigenvalue weighted by Crippen LogP contribution is -2.31. The highest BCUT2D eigenvalue weighted by Crippen LogP contribution is 2.11. The summed E-state index contributed by atoms with van der Waals surface area (Å²) in [6.07, 6.45) is 1.48. The highest BCUT2D eigenvalue weighted by Gasteiger charge is 2.07. The van der Waals surface area contributed by atoms with Gasteiger partial charge < -0.3 is 5.32 Å². The summed E-state index contributed by atoms with van der Waals surface area (Å²) in [6.45, 7) is 2.46. The minimum Gasteiger partial charge on any atom is -0.349 e. The van der Waals surface area contributed by atoms with E-state index < -0.39 is 0 Å². The number of pyridine rings is 1. The zero-order valence-corrected chi connectivity index (χ0v) is 12.7. The average Bonchev–Trinajstić information content (AvgIpc) is 2.56. The maximum Gasteiger partial charge on any atom is 0.269 e. The van der Waals surface area contributed by atoms with E-state index in [1.807, 2.05) is 30.3 Å². The Balaban J connectivity index is 1.65. The van der Waals surface area contributed by atoms with Gasteiger partial charge in [-0.25, -0.2) is 9.97 Å². The second-order valence-electron chi connectivity index (χ2n) is 5.21. The van der Waals surface area contributed by atoms with Crippen molar-refractivity contribution in [2.75, 3.05) is 6.54 Å². The van der Waals surface area contributed by atoms with E-state index >= 15 is 0 Å². The number of fused-ring (bicyclic) bond motifs is 1. The molecule has 116 valence electrons. The van der Waals surface area contributed by atoms with Crippen LogP contribution >= 0.6 is 0 Å². The van der Waals surface area contributed by atoms with Crippen molar-refractivity contribution in [3.05, 3.63) is 70.5 Å². The number of rotatable bonds is 4. The average molecular weight is 308 g/mol. The summed E-state index contributed by atoms with van der Waals surface area (Å²) >= 11 is 0. The first kappa shape index (κ1) is 14.9. The van der Waals surface area contributed by atoms with Crippen LogP contribution in [0.3, 0.4) is 0 Å². The zero-order valence-electron chi connectivity index (χ0n) is 12.7. The van der Waals surface area contributed by atoms with Crippen molar-refractivity contribution in [2.45, 2.75) is 13.5 Å². The molecule has 0 unspecified atom stereocenters. The third-order valence-corrected chi connectivity index (χ3v) is 3.49. The van der Waals surface area contributed by atoms with E-state index in [-0.39, 0.29) is 11.5 Å². The number of carbonyl (C=O) groups is 1. The van der Waals surface area contributed by atoms with Gasteiger partial charge >= 0.3 is 0 Å². The van der Waals surface area contributed by atoms with Gasteiger partial charge in [0, 0.05) is 30.2 Å². The van der Waals surface area contributed by atoms with Crippen LogP contribution in [0.2, 0.25) is 0 Å². The molecule has 0 bridgehead atoms. The van der Waals surface area contributed by atoms with E-state index in [2.05, 4.69) is 15.3 Å². The molecule has 0 aliphatic rings. The number of hydrogen-bond donors (Lipinski definition) is 1. The highest BCUT2D eigenvalue weighted by atomic mass is 16.2. The lowest BCUT2D eigenvalue weighted by Gasteiger charge is -2.07. The van der Waals surface area contributed by atoms with Crippen molar-refractivity contribution in [3.8, 4) is 0 Å². The second-order valence-corrected chi connectivity index (χ2v) is 5.21. The van der Waals surface area contributed by atoms with Gasteiger partial charge in [0.05, 0.1) is 11.8 Å². The number of para-hydroxylation sites is 1. The molecule has 1 amide bonds. The highest BCUT2D eigenvalue weighted by molar-refractivity contribution is 5.94. The predicted octanol–water partition coefficient (Wildman–Crippen LogP) is 1.53. The molecular weight excluding hydrogens is 292 g/mol. The fraction of sp³-hybridized carbons (Fsp3) is 0.176. The molecule has 0 radical (unpaired) electrons. The number of benzene rings is 1. The lowest BCUT2D eigenvalue weighted by molar-refractivity contribution is 0.0947. The molecule has 0 aliphatic heterocycles. The van der Waals surface area contributed by atoms with Crippen molar-refractivity contribution >= 4 is 16.8 Å². The van der Waals surface area contributed by atoms with E-state index in [4.69, 9.17) is 0 Å². The third-order valence-electron chi connectivity index (χ3n) is 3.49. The van der Waals surface area contributed by atoms with Gasteiger partial charge in [0.2, 0.25) is 0 Å². The minimum absolute atomic E-state index is 0.129. The Kier molecular flexibility index (Phi) is 4.14. The molecule has 2 heterocycles. The Labute approximate surface area is 132 Å². The van der Waals surface area contributed by atoms with Crippen LogP contribution in [-0.4, -0.2) is 27.0 Å². The van der Waals surface area contributed by atoms with Crippen LogP contribution in [0, 0.1) is 6.92 Å². The van der Waals surface area contributed by atoms with E-state index in [0.717, 1.165) is 10.9 Å². The largest absolute Gasteiger partial charge is 0.349 e. The van der Waals surface area contributed by atoms with Crippen molar-refractivity contribution in [1.29, 1.82) is 0 Å². The molecule has 0 aliphatic carbocycles. The monoisotopic (exact) mass is 308 g/mol. The smallest absolute Gasteiger partial charge is 0.269 e. The number of nitrogens with zero attached hydrogens (tertiary/aromatic N) is 3. The van der Waals surface area contributed by atoms with Crippen LogP contribution in [0.25, 0.3) is 10.9 Å². The molecule has 0 spiro atoms. The Hall–Kier alpha value is -3.02. The predicted molar refractivity (Wildman–Crippen MR) is 87.3 cm³/mol. The van der Waals surface area contributed by atoms with Gasteiger partial charge in [0.15, 0.2) is 0 Å². The fourth-order valence-corrected chi connectivity index (χ4v) is 2.26. The molecule has 0 fully saturated rings. The van der Waals surface area contributed by atoms with Crippen molar-refractivity contribution in [1.82, 2.24) is 19.9 Å². The summed E-state index contributed by atoms with van der Waals surface area (Å²) in [5.74, 6) is -0.260. The number of carbonyl (C=O) groups excluding carboxylic acids is 1. The molecule has 6 heteroatoms. The van der Waals surface area contributed by atoms with E-state index in [9.17, 15) is 9.59 Å². The van der Waals surface area contributed by atoms with Crippen LogP contribution in [0.5, 0.6) is 0 Å². The van der Waals surface area contributed by atoms with Gasteiger partial charge in [0.25, 0.3) is 11.5 Å². The van der Waals surface area contributed by atoms with Crippen LogP contribution in [0.15, 0.2) is 53.6 Å². The number of amides is 1. The minimum atomic E-state index is -0.260. The van der Waals surface area contributed by atoms with Gasteiger partial charge in [0.1, 0.15) is 5.69 Å². The molecule has 0 saturated heterocycles. The maximum absolute atomic E-state index is 12.1. The second kappa shape index (κ2) is 6.39. The summed E-state index contributed by atoms with van der Waals surface area (Å²) in [5, 5.41) is 3.75. The van der Waals surface area contributed by atoms with Gasteiger partial charge in [-0.3, -0.25) is 14.2 Å². The molecule has 3 rings (SSSR count). The molecule has 1 aromatic carbocycles. The summed E-state index contributed by atoms with van der Waals surface area (Å²) in [7, 11) is 0. The van der Waals surface area contributed by atoms with Gasteiger partial charge in [-0.15, -0.1) is 0 Å². The fourth-order valence-electron chi connectivity index (χ4n) is 2.26. The molecule has 0 atom stereocenters. The number of nitrogens with one attached hydrogen (secondary N) is 1. The SMILES string of the molecule is Cc1cc(=O)n(CCNC(=O)c2ccc3ccccc3n2)cn1. The van der Waals surface area contributed by atoms with Gasteiger partial charge in [-0.1, -0.05) is 24.3 Å². The Bertz CT molecular complexity index is 918. The van der Waals surface area contributed by atoms with Crippen LogP contribution < -0.4 is 10.9 Å². The van der Waals surface area contributed by atoms with Gasteiger partial charge in [-0.2, -0.15) is 0 Å². The standard InChI is InChI=1S/C17H16N4O2/c1-12-10-16(22)21(11-19-12)9-8-18-17(23)15-7-6-13-4-2-3-5-14(13)20-15/h2-7,10-11H,8-9H2,1H3,(H,18,23). The van der Waals surface area contributed by atoms with E-state index in [1.165, 1.54) is 17.0 Å². The van der Waals surface area contributed by atoms with Gasteiger partial charge in [-0.05, 0) is 19.1 Å². The first-order valence-electron chi connectivity index (χ1n) is 7.30. The Morgan fingerprint density at radius 1 is 1.22 bits per heavy atom. The van der Waals surface area contributed by atoms with Crippen LogP contribution in [-0.2, 0) is 6.54 Å². The van der Waals surface area contributed by atoms with E-state index in [1.54, 1.807) is 13.0 Å². The Morgan fingerprint density at radius 3 is 2.87 bits per heavy atom. The summed E-state index contributed by atoms with van der Waals surface area (Å²) in [6, 6.07) is 12.6. The number of aryl methyl sites for hydroxylation is 1. The topological polar surface area (TPSA) is 76.9 Å². The lowest BCUT2D eigenvalue weighted by atomic mass is 10.2. The van der Waals surface area contributed by atoms with Crippen LogP contribution in [0.4, 0.5) is 0 Å². The van der Waals surface area contributed by atoms with Crippen molar-refractivity contribution in [2.24, 2.45) is 0 Å². The van der Waals surface area contributed by atoms with Crippen molar-refractivity contribution in [3.63, 3.8) is 0 Å². The summed E-state index contributed by atoms with van der Waals surface area (Å²) < 4.78 is 1.46. The quantitative estimate of drug-likeness (QED) is 0.793. The first-order valence-corrected chi connectivity index (χ1v) is 7.30. The van der Waals surface area contributed by atoms with E-state index in [0.29, 0.717) is 24.5 Å². The molecule has 1 N–H and O–H groups in total. The molecule has 0 saturated carbocycles. The zero-order chi connectivity index (χ0) is 16.2. The first-order chi connectivity index (χ1) is 11.1. The third kappa shape index (κ3) is 3.42. The van der Waals surface area contributed by atoms with Crippen molar-refractivity contribution < 1.29 is 4.79 Å². The summed E-state index contributed by atoms with van der Waals surface area (Å²) in [4.78, 5) is 32.3. The number of aromatic nitrogens is 3. The maximum atomic E-state index is 12.1. The Morgan fingerprint density at radius 2 is 2.04 bits per heavy atom. The van der Waals surface area contributed by atoms with Crippen LogP contribution in [0.1, 0.15) is 16.2 Å². The molecule has 3 aromatic rings. The number of hydrogen-bond acceptors (Lipinski definition) is 4.